The summed E-state index contributed by atoms with van der Waals surface area (Å²) in [4.78, 5) is 25.6. The number of amides is 1. The maximum Gasteiger partial charge on any atom is 0.425 e. The number of rotatable bonds is 7. The first kappa shape index (κ1) is 30.0. The monoisotopic (exact) mass is 578 g/mol. The number of ether oxygens (including phenoxy) is 2. The van der Waals surface area contributed by atoms with Gasteiger partial charge in [0.15, 0.2) is 15.9 Å². The second-order valence-electron chi connectivity index (χ2n) is 10.9. The van der Waals surface area contributed by atoms with Crippen molar-refractivity contribution in [2.45, 2.75) is 93.4 Å². The van der Waals surface area contributed by atoms with Crippen LogP contribution >= 0.6 is 11.6 Å². The van der Waals surface area contributed by atoms with E-state index in [2.05, 4.69) is 5.32 Å². The van der Waals surface area contributed by atoms with Crippen molar-refractivity contribution in [2.75, 3.05) is 0 Å². The molecule has 2 aliphatic carbocycles. The Balaban J connectivity index is 1.89. The van der Waals surface area contributed by atoms with Crippen molar-refractivity contribution in [3.05, 3.63) is 23.2 Å². The summed E-state index contributed by atoms with van der Waals surface area (Å²) >= 11 is 6.18. The summed E-state index contributed by atoms with van der Waals surface area (Å²) in [5, 5.41) is 10.4. The normalized spacial score (nSPS) is 24.0. The van der Waals surface area contributed by atoms with Crippen molar-refractivity contribution in [3.8, 4) is 11.8 Å². The standard InChI is InChI=1S/C25H30ClF3N2O6S/c1-14(25(27,28)29)36-17-5-6-20(19(26)12-17)38(34,35)18-10-15(21(32)31-24(13-30)7-8-24)9-16(11-18)22(33)37-23(2,3)4/h5-6,12,14-16,18H,7-11H2,1-4H3,(H,31,32). The number of esters is 1. The summed E-state index contributed by atoms with van der Waals surface area (Å²) in [5.41, 5.74) is -1.82. The van der Waals surface area contributed by atoms with Gasteiger partial charge in [0.2, 0.25) is 5.91 Å². The largest absolute Gasteiger partial charge is 0.481 e. The van der Waals surface area contributed by atoms with Gasteiger partial charge in [-0.25, -0.2) is 8.42 Å². The van der Waals surface area contributed by atoms with E-state index in [0.717, 1.165) is 25.1 Å². The lowest BCUT2D eigenvalue weighted by Crippen LogP contribution is -2.46. The first-order chi connectivity index (χ1) is 17.4. The number of carbonyl (C=O) groups is 2. The number of nitrogens with zero attached hydrogens (tertiary/aromatic N) is 1. The molecule has 1 aromatic rings. The molecule has 4 atom stereocenters. The van der Waals surface area contributed by atoms with Crippen LogP contribution in [0.2, 0.25) is 5.02 Å². The van der Waals surface area contributed by atoms with E-state index in [0.29, 0.717) is 12.8 Å². The molecule has 0 radical (unpaired) electrons. The fraction of sp³-hybridized carbons (Fsp3) is 0.640. The minimum atomic E-state index is -4.63. The van der Waals surface area contributed by atoms with E-state index in [9.17, 15) is 36.4 Å². The van der Waals surface area contributed by atoms with E-state index in [1.807, 2.05) is 6.07 Å². The molecule has 0 aliphatic heterocycles. The number of hydrogen-bond donors (Lipinski definition) is 1. The molecule has 13 heteroatoms. The van der Waals surface area contributed by atoms with Crippen molar-refractivity contribution in [3.63, 3.8) is 0 Å². The lowest BCUT2D eigenvalue weighted by Gasteiger charge is -2.34. The Labute approximate surface area is 224 Å². The van der Waals surface area contributed by atoms with Gasteiger partial charge in [-0.05, 0) is 71.9 Å². The molecular weight excluding hydrogens is 549 g/mol. The SMILES string of the molecule is CC(Oc1ccc(S(=O)(=O)C2CC(C(=O)NC3(C#N)CC3)CC(C(=O)OC(C)(C)C)C2)c(Cl)c1)C(F)(F)F. The molecule has 210 valence electrons. The molecule has 0 bridgehead atoms. The maximum absolute atomic E-state index is 13.6. The number of halogens is 4. The minimum absolute atomic E-state index is 0.0457. The second kappa shape index (κ2) is 10.6. The highest BCUT2D eigenvalue weighted by atomic mass is 35.5. The Morgan fingerprint density at radius 1 is 1.16 bits per heavy atom. The molecule has 2 fully saturated rings. The Bertz CT molecular complexity index is 1230. The minimum Gasteiger partial charge on any atom is -0.481 e. The first-order valence-corrected chi connectivity index (χ1v) is 14.0. The van der Waals surface area contributed by atoms with Gasteiger partial charge in [0.1, 0.15) is 16.9 Å². The highest BCUT2D eigenvalue weighted by Gasteiger charge is 2.49. The Kier molecular flexibility index (Phi) is 8.35. The average molecular weight is 579 g/mol. The summed E-state index contributed by atoms with van der Waals surface area (Å²) in [6.45, 7) is 5.80. The molecule has 2 saturated carbocycles. The van der Waals surface area contributed by atoms with Crippen LogP contribution in [0.25, 0.3) is 0 Å². The van der Waals surface area contributed by atoms with Crippen LogP contribution in [0.15, 0.2) is 23.1 Å². The van der Waals surface area contributed by atoms with Crippen LogP contribution in [-0.4, -0.2) is 49.0 Å². The molecular formula is C25H30ClF3N2O6S. The molecule has 0 spiro atoms. The van der Waals surface area contributed by atoms with Crippen LogP contribution in [0.4, 0.5) is 13.2 Å². The van der Waals surface area contributed by atoms with Crippen molar-refractivity contribution < 1.29 is 40.7 Å². The average Bonchev–Trinajstić information content (AvgIpc) is 3.56. The van der Waals surface area contributed by atoms with Gasteiger partial charge in [0.25, 0.3) is 0 Å². The summed E-state index contributed by atoms with van der Waals surface area (Å²) < 4.78 is 76.1. The number of hydrogen-bond acceptors (Lipinski definition) is 7. The van der Waals surface area contributed by atoms with Crippen molar-refractivity contribution in [2.24, 2.45) is 11.8 Å². The van der Waals surface area contributed by atoms with Gasteiger partial charge < -0.3 is 14.8 Å². The summed E-state index contributed by atoms with van der Waals surface area (Å²) in [6, 6.07) is 5.16. The molecule has 0 aromatic heterocycles. The van der Waals surface area contributed by atoms with Gasteiger partial charge in [0, 0.05) is 12.0 Å². The number of nitrogens with one attached hydrogen (secondary N) is 1. The predicted octanol–water partition coefficient (Wildman–Crippen LogP) is 4.74. The van der Waals surface area contributed by atoms with E-state index in [1.165, 1.54) is 0 Å². The molecule has 1 N–H and O–H groups in total. The number of nitriles is 1. The summed E-state index contributed by atoms with van der Waals surface area (Å²) in [7, 11) is -4.24. The van der Waals surface area contributed by atoms with Crippen LogP contribution < -0.4 is 10.1 Å². The highest BCUT2D eigenvalue weighted by Crippen LogP contribution is 2.41. The van der Waals surface area contributed by atoms with E-state index in [1.54, 1.807) is 20.8 Å². The third-order valence-electron chi connectivity index (χ3n) is 6.52. The number of alkyl halides is 3. The van der Waals surface area contributed by atoms with Gasteiger partial charge in [-0.2, -0.15) is 18.4 Å². The fourth-order valence-electron chi connectivity index (χ4n) is 4.28. The molecule has 2 aliphatic rings. The first-order valence-electron chi connectivity index (χ1n) is 12.1. The zero-order valence-corrected chi connectivity index (χ0v) is 23.0. The van der Waals surface area contributed by atoms with Crippen LogP contribution in [-0.2, 0) is 24.2 Å². The maximum atomic E-state index is 13.6. The van der Waals surface area contributed by atoms with Crippen LogP contribution in [0, 0.1) is 23.2 Å². The quantitative estimate of drug-likeness (QED) is 0.464. The van der Waals surface area contributed by atoms with E-state index < -0.39 is 62.2 Å². The van der Waals surface area contributed by atoms with Gasteiger partial charge in [-0.1, -0.05) is 11.6 Å². The predicted molar refractivity (Wildman–Crippen MR) is 131 cm³/mol. The zero-order chi connectivity index (χ0) is 28.7. The molecule has 1 amide bonds. The van der Waals surface area contributed by atoms with Crippen molar-refractivity contribution in [1.82, 2.24) is 5.32 Å². The fourth-order valence-corrected chi connectivity index (χ4v) is 6.69. The van der Waals surface area contributed by atoms with Gasteiger partial charge in [-0.15, -0.1) is 0 Å². The lowest BCUT2D eigenvalue weighted by atomic mass is 9.80. The molecule has 0 saturated heterocycles. The molecule has 8 nitrogen and oxygen atoms in total. The molecule has 3 rings (SSSR count). The summed E-state index contributed by atoms with van der Waals surface area (Å²) in [6.07, 6.45) is -6.03. The highest BCUT2D eigenvalue weighted by molar-refractivity contribution is 7.92. The van der Waals surface area contributed by atoms with Crippen LogP contribution in [0.5, 0.6) is 5.75 Å². The van der Waals surface area contributed by atoms with E-state index in [-0.39, 0.29) is 34.9 Å². The topological polar surface area (TPSA) is 123 Å². The van der Waals surface area contributed by atoms with Gasteiger partial charge in [0.05, 0.1) is 27.2 Å². The third kappa shape index (κ3) is 7.11. The van der Waals surface area contributed by atoms with Crippen molar-refractivity contribution in [1.29, 1.82) is 5.26 Å². The van der Waals surface area contributed by atoms with Crippen molar-refractivity contribution >= 4 is 33.3 Å². The molecule has 4 unspecified atom stereocenters. The van der Waals surface area contributed by atoms with Gasteiger partial charge >= 0.3 is 12.1 Å². The second-order valence-corrected chi connectivity index (χ2v) is 13.5. The molecule has 38 heavy (non-hydrogen) atoms. The zero-order valence-electron chi connectivity index (χ0n) is 21.4. The van der Waals surface area contributed by atoms with Gasteiger partial charge in [-0.3, -0.25) is 9.59 Å². The molecule has 0 heterocycles. The number of carbonyl (C=O) groups excluding carboxylic acids is 2. The Morgan fingerprint density at radius 2 is 1.76 bits per heavy atom. The van der Waals surface area contributed by atoms with E-state index >= 15 is 0 Å². The van der Waals surface area contributed by atoms with Crippen LogP contribution in [0.1, 0.15) is 59.8 Å². The Hall–Kier alpha value is -2.52. The van der Waals surface area contributed by atoms with E-state index in [4.69, 9.17) is 21.1 Å². The van der Waals surface area contributed by atoms with Crippen LogP contribution in [0.3, 0.4) is 0 Å². The number of benzene rings is 1. The third-order valence-corrected chi connectivity index (χ3v) is 9.18. The lowest BCUT2D eigenvalue weighted by molar-refractivity contribution is -0.189. The summed E-state index contributed by atoms with van der Waals surface area (Å²) in [5.74, 6) is -3.23. The smallest absolute Gasteiger partial charge is 0.425 e. The Morgan fingerprint density at radius 3 is 2.26 bits per heavy atom. The number of sulfone groups is 1. The molecule has 1 aromatic carbocycles.